The van der Waals surface area contributed by atoms with E-state index < -0.39 is 5.54 Å². The lowest BCUT2D eigenvalue weighted by Gasteiger charge is -2.22. The number of nitrogens with zero attached hydrogens (tertiary/aromatic N) is 1. The van der Waals surface area contributed by atoms with E-state index in [2.05, 4.69) is 25.2 Å². The van der Waals surface area contributed by atoms with E-state index in [-0.39, 0.29) is 0 Å². The van der Waals surface area contributed by atoms with Crippen LogP contribution in [0.3, 0.4) is 0 Å². The zero-order valence-electron chi connectivity index (χ0n) is 9.76. The maximum absolute atomic E-state index is 8.93. The molecule has 0 amide bonds. The highest BCUT2D eigenvalue weighted by Gasteiger charge is 2.22. The summed E-state index contributed by atoms with van der Waals surface area (Å²) in [6.07, 6.45) is 1.05. The van der Waals surface area contributed by atoms with Crippen LogP contribution in [-0.4, -0.2) is 25.3 Å². The molecule has 82 valence electrons. The van der Waals surface area contributed by atoms with Crippen LogP contribution in [0.25, 0.3) is 0 Å². The van der Waals surface area contributed by atoms with Gasteiger partial charge in [0.25, 0.3) is 0 Å². The number of likely N-dealkylation sites (N-methyl/N-ethyl adjacent to an activating group) is 1. The topological polar surface area (TPSA) is 45.0 Å². The molecule has 0 saturated carbocycles. The molecule has 0 aromatic carbocycles. The van der Waals surface area contributed by atoms with E-state index in [0.717, 1.165) is 19.6 Å². The number of hydrogen-bond donors (Lipinski definition) is 1. The van der Waals surface area contributed by atoms with Gasteiger partial charge in [-0.15, -0.1) is 0 Å². The summed E-state index contributed by atoms with van der Waals surface area (Å²) in [5.41, 5.74) is -0.536. The van der Waals surface area contributed by atoms with E-state index in [9.17, 15) is 0 Å². The van der Waals surface area contributed by atoms with E-state index in [1.807, 2.05) is 13.8 Å². The predicted molar refractivity (Wildman–Crippen MR) is 58.0 cm³/mol. The third-order valence-corrected chi connectivity index (χ3v) is 2.04. The van der Waals surface area contributed by atoms with Crippen LogP contribution >= 0.6 is 0 Å². The zero-order valence-corrected chi connectivity index (χ0v) is 9.76. The highest BCUT2D eigenvalue weighted by Crippen LogP contribution is 2.04. The van der Waals surface area contributed by atoms with Gasteiger partial charge in [0.15, 0.2) is 0 Å². The second kappa shape index (κ2) is 6.80. The Morgan fingerprint density at radius 2 is 2.14 bits per heavy atom. The number of nitriles is 1. The summed E-state index contributed by atoms with van der Waals surface area (Å²) in [6, 6.07) is 2.23. The molecule has 0 radical (unpaired) electrons. The second-order valence-electron chi connectivity index (χ2n) is 4.21. The average Bonchev–Trinajstić information content (AvgIpc) is 2.13. The van der Waals surface area contributed by atoms with Crippen LogP contribution in [0.15, 0.2) is 0 Å². The van der Waals surface area contributed by atoms with E-state index in [1.54, 1.807) is 0 Å². The van der Waals surface area contributed by atoms with E-state index >= 15 is 0 Å². The van der Waals surface area contributed by atoms with Crippen molar-refractivity contribution >= 4 is 0 Å². The maximum atomic E-state index is 8.93. The SMILES string of the molecule is CCNC(C)(C#N)COCCC(C)C. The Kier molecular flexibility index (Phi) is 6.52. The van der Waals surface area contributed by atoms with E-state index in [1.165, 1.54) is 0 Å². The molecule has 0 rings (SSSR count). The van der Waals surface area contributed by atoms with Crippen molar-refractivity contribution in [2.24, 2.45) is 5.92 Å². The molecule has 3 heteroatoms. The van der Waals surface area contributed by atoms with Crippen LogP contribution in [-0.2, 0) is 4.74 Å². The molecule has 14 heavy (non-hydrogen) atoms. The lowest BCUT2D eigenvalue weighted by Crippen LogP contribution is -2.45. The van der Waals surface area contributed by atoms with Crippen molar-refractivity contribution in [3.63, 3.8) is 0 Å². The minimum absolute atomic E-state index is 0.462. The third kappa shape index (κ3) is 5.95. The first-order chi connectivity index (χ1) is 6.54. The monoisotopic (exact) mass is 198 g/mol. The molecule has 0 heterocycles. The van der Waals surface area contributed by atoms with Crippen molar-refractivity contribution in [2.75, 3.05) is 19.8 Å². The molecule has 1 atom stereocenters. The van der Waals surface area contributed by atoms with Crippen molar-refractivity contribution in [1.29, 1.82) is 5.26 Å². The van der Waals surface area contributed by atoms with Crippen molar-refractivity contribution in [3.8, 4) is 6.07 Å². The van der Waals surface area contributed by atoms with Gasteiger partial charge in [-0.2, -0.15) is 5.26 Å². The first-order valence-electron chi connectivity index (χ1n) is 5.28. The standard InChI is InChI=1S/C11H22N2O/c1-5-13-11(4,8-12)9-14-7-6-10(2)3/h10,13H,5-7,9H2,1-4H3. The fraction of sp³-hybridized carbons (Fsp3) is 0.909. The third-order valence-electron chi connectivity index (χ3n) is 2.04. The summed E-state index contributed by atoms with van der Waals surface area (Å²) >= 11 is 0. The molecule has 1 N–H and O–H groups in total. The van der Waals surface area contributed by atoms with Crippen molar-refractivity contribution in [1.82, 2.24) is 5.32 Å². The molecule has 0 aliphatic carbocycles. The van der Waals surface area contributed by atoms with Gasteiger partial charge in [0.1, 0.15) is 5.54 Å². The van der Waals surface area contributed by atoms with Gasteiger partial charge in [-0.25, -0.2) is 0 Å². The van der Waals surface area contributed by atoms with Gasteiger partial charge in [-0.05, 0) is 25.8 Å². The Balaban J connectivity index is 3.69. The first-order valence-corrected chi connectivity index (χ1v) is 5.28. The van der Waals surface area contributed by atoms with Gasteiger partial charge >= 0.3 is 0 Å². The number of rotatable bonds is 7. The van der Waals surface area contributed by atoms with Crippen LogP contribution < -0.4 is 5.32 Å². The number of hydrogen-bond acceptors (Lipinski definition) is 3. The minimum atomic E-state index is -0.536. The Hall–Kier alpha value is -0.590. The maximum Gasteiger partial charge on any atom is 0.127 e. The van der Waals surface area contributed by atoms with Crippen molar-refractivity contribution in [3.05, 3.63) is 0 Å². The van der Waals surface area contributed by atoms with Gasteiger partial charge in [0, 0.05) is 6.61 Å². The largest absolute Gasteiger partial charge is 0.378 e. The van der Waals surface area contributed by atoms with Crippen LogP contribution in [0, 0.1) is 17.2 Å². The first kappa shape index (κ1) is 13.4. The number of ether oxygens (including phenoxy) is 1. The van der Waals surface area contributed by atoms with Gasteiger partial charge in [0.2, 0.25) is 0 Å². The lowest BCUT2D eigenvalue weighted by molar-refractivity contribution is 0.0881. The van der Waals surface area contributed by atoms with Gasteiger partial charge in [0.05, 0.1) is 12.7 Å². The molecule has 0 saturated heterocycles. The molecule has 0 aromatic rings. The second-order valence-corrected chi connectivity index (χ2v) is 4.21. The fourth-order valence-corrected chi connectivity index (χ4v) is 1.11. The normalized spacial score (nSPS) is 15.1. The summed E-state index contributed by atoms with van der Waals surface area (Å²) in [5.74, 6) is 0.655. The van der Waals surface area contributed by atoms with E-state index in [4.69, 9.17) is 10.00 Å². The fourth-order valence-electron chi connectivity index (χ4n) is 1.11. The van der Waals surface area contributed by atoms with Crippen molar-refractivity contribution in [2.45, 2.75) is 39.7 Å². The Morgan fingerprint density at radius 3 is 2.57 bits per heavy atom. The molecular weight excluding hydrogens is 176 g/mol. The van der Waals surface area contributed by atoms with Crippen LogP contribution in [0.2, 0.25) is 0 Å². The Bertz CT molecular complexity index is 186. The highest BCUT2D eigenvalue weighted by molar-refractivity contribution is 5.03. The molecule has 0 aliphatic rings. The molecule has 0 bridgehead atoms. The van der Waals surface area contributed by atoms with Crippen molar-refractivity contribution < 1.29 is 4.74 Å². The zero-order chi connectivity index (χ0) is 11.0. The summed E-state index contributed by atoms with van der Waals surface area (Å²) in [5, 5.41) is 12.0. The average molecular weight is 198 g/mol. The molecular formula is C11H22N2O. The molecule has 0 fully saturated rings. The van der Waals surface area contributed by atoms with Gasteiger partial charge in [-0.1, -0.05) is 20.8 Å². The number of nitrogens with one attached hydrogen (secondary N) is 1. The van der Waals surface area contributed by atoms with E-state index in [0.29, 0.717) is 12.5 Å². The highest BCUT2D eigenvalue weighted by atomic mass is 16.5. The molecule has 0 aliphatic heterocycles. The van der Waals surface area contributed by atoms with Crippen LogP contribution in [0.1, 0.15) is 34.1 Å². The smallest absolute Gasteiger partial charge is 0.127 e. The van der Waals surface area contributed by atoms with Crippen LogP contribution in [0.4, 0.5) is 0 Å². The summed E-state index contributed by atoms with van der Waals surface area (Å²) in [7, 11) is 0. The quantitative estimate of drug-likeness (QED) is 0.636. The summed E-state index contributed by atoms with van der Waals surface area (Å²) < 4.78 is 5.47. The summed E-state index contributed by atoms with van der Waals surface area (Å²) in [6.45, 7) is 10.2. The Morgan fingerprint density at radius 1 is 1.50 bits per heavy atom. The van der Waals surface area contributed by atoms with Gasteiger partial charge < -0.3 is 4.74 Å². The van der Waals surface area contributed by atoms with Gasteiger partial charge in [-0.3, -0.25) is 5.32 Å². The molecule has 0 spiro atoms. The van der Waals surface area contributed by atoms with Crippen LogP contribution in [0.5, 0.6) is 0 Å². The summed E-state index contributed by atoms with van der Waals surface area (Å²) in [4.78, 5) is 0. The lowest BCUT2D eigenvalue weighted by atomic mass is 10.1. The Labute approximate surface area is 87.4 Å². The molecule has 0 aromatic heterocycles. The predicted octanol–water partition coefficient (Wildman–Crippen LogP) is 1.94. The molecule has 3 nitrogen and oxygen atoms in total. The minimum Gasteiger partial charge on any atom is -0.378 e. The molecule has 1 unspecified atom stereocenters.